The highest BCUT2D eigenvalue weighted by atomic mass is 35.5. The Morgan fingerprint density at radius 1 is 1.32 bits per heavy atom. The third kappa shape index (κ3) is 4.34. The quantitative estimate of drug-likeness (QED) is 0.752. The van der Waals surface area contributed by atoms with Crippen molar-refractivity contribution in [3.05, 3.63) is 52.3 Å². The van der Waals surface area contributed by atoms with E-state index in [0.717, 1.165) is 18.4 Å². The molecule has 1 aliphatic carbocycles. The first-order valence-electron chi connectivity index (χ1n) is 9.10. The highest BCUT2D eigenvalue weighted by Crippen LogP contribution is 2.28. The fourth-order valence-electron chi connectivity index (χ4n) is 3.40. The van der Waals surface area contributed by atoms with Gasteiger partial charge in [0, 0.05) is 0 Å². The van der Waals surface area contributed by atoms with Gasteiger partial charge in [-0.3, -0.25) is 4.79 Å². The van der Waals surface area contributed by atoms with E-state index in [4.69, 9.17) is 16.3 Å². The van der Waals surface area contributed by atoms with Crippen LogP contribution in [-0.4, -0.2) is 33.8 Å². The molecule has 1 saturated carbocycles. The number of ether oxygens (including phenoxy) is 1. The number of nitrogens with one attached hydrogen (secondary N) is 1. The van der Waals surface area contributed by atoms with Crippen LogP contribution in [-0.2, 0) is 16.1 Å². The first-order valence-corrected chi connectivity index (χ1v) is 9.48. The molecule has 0 radical (unpaired) electrons. The van der Waals surface area contributed by atoms with Gasteiger partial charge in [-0.25, -0.2) is 9.48 Å². The van der Waals surface area contributed by atoms with Gasteiger partial charge in [0.2, 0.25) is 0 Å². The van der Waals surface area contributed by atoms with Crippen LogP contribution in [0, 0.1) is 18.3 Å². The van der Waals surface area contributed by atoms with Crippen molar-refractivity contribution in [2.24, 2.45) is 0 Å². The number of esters is 1. The Kier molecular flexibility index (Phi) is 6.00. The molecule has 1 amide bonds. The molecule has 0 aliphatic heterocycles. The first-order chi connectivity index (χ1) is 13.4. The maximum absolute atomic E-state index is 12.4. The number of benzene rings is 1. The third-order valence-corrected chi connectivity index (χ3v) is 5.21. The second kappa shape index (κ2) is 8.44. The lowest BCUT2D eigenvalue weighted by Crippen LogP contribution is -2.46. The molecule has 8 heteroatoms. The van der Waals surface area contributed by atoms with Crippen LogP contribution in [0.4, 0.5) is 0 Å². The summed E-state index contributed by atoms with van der Waals surface area (Å²) in [6, 6.07) is 11.8. The number of carbonyl (C=O) groups is 2. The molecule has 0 bridgehead atoms. The zero-order valence-electron chi connectivity index (χ0n) is 15.6. The molecule has 0 spiro atoms. The fraction of sp³-hybridized carbons (Fsp3) is 0.400. The molecule has 7 nitrogen and oxygen atoms in total. The van der Waals surface area contributed by atoms with Crippen LogP contribution in [0.5, 0.6) is 0 Å². The minimum Gasteiger partial charge on any atom is -0.452 e. The average Bonchev–Trinajstić information content (AvgIpc) is 3.26. The SMILES string of the molecule is Cc1nn(Cc2ccccc2)c(Cl)c1C(=O)OCC(=O)NC1(C#N)CCCC1. The van der Waals surface area contributed by atoms with Crippen molar-refractivity contribution in [2.75, 3.05) is 6.61 Å². The molecule has 3 rings (SSSR count). The van der Waals surface area contributed by atoms with Crippen molar-refractivity contribution in [2.45, 2.75) is 44.7 Å². The molecule has 1 N–H and O–H groups in total. The second-order valence-corrected chi connectivity index (χ2v) is 7.28. The van der Waals surface area contributed by atoms with E-state index < -0.39 is 24.0 Å². The van der Waals surface area contributed by atoms with Gasteiger partial charge in [0.05, 0.1) is 18.3 Å². The van der Waals surface area contributed by atoms with Crippen molar-refractivity contribution < 1.29 is 14.3 Å². The Hall–Kier alpha value is -2.85. The lowest BCUT2D eigenvalue weighted by molar-refractivity contribution is -0.125. The van der Waals surface area contributed by atoms with E-state index in [2.05, 4.69) is 16.5 Å². The molecule has 2 aromatic rings. The summed E-state index contributed by atoms with van der Waals surface area (Å²) >= 11 is 6.33. The lowest BCUT2D eigenvalue weighted by Gasteiger charge is -2.21. The van der Waals surface area contributed by atoms with Crippen molar-refractivity contribution in [1.82, 2.24) is 15.1 Å². The van der Waals surface area contributed by atoms with Gasteiger partial charge in [-0.1, -0.05) is 41.9 Å². The highest BCUT2D eigenvalue weighted by molar-refractivity contribution is 6.32. The Labute approximate surface area is 168 Å². The Morgan fingerprint density at radius 3 is 2.64 bits per heavy atom. The van der Waals surface area contributed by atoms with E-state index >= 15 is 0 Å². The van der Waals surface area contributed by atoms with Crippen LogP contribution < -0.4 is 5.32 Å². The predicted octanol–water partition coefficient (Wildman–Crippen LogP) is 3.00. The maximum atomic E-state index is 12.4. The maximum Gasteiger partial charge on any atom is 0.343 e. The van der Waals surface area contributed by atoms with Crippen molar-refractivity contribution in [3.8, 4) is 6.07 Å². The van der Waals surface area contributed by atoms with Crippen LogP contribution in [0.1, 0.15) is 47.3 Å². The molecular formula is C20H21ClN4O3. The lowest BCUT2D eigenvalue weighted by atomic mass is 10.00. The van der Waals surface area contributed by atoms with Gasteiger partial charge in [0.25, 0.3) is 5.91 Å². The van der Waals surface area contributed by atoms with Crippen LogP contribution in [0.15, 0.2) is 30.3 Å². The van der Waals surface area contributed by atoms with Crippen LogP contribution in [0.2, 0.25) is 5.15 Å². The number of rotatable bonds is 6. The van der Waals surface area contributed by atoms with E-state index in [1.807, 2.05) is 30.3 Å². The molecule has 28 heavy (non-hydrogen) atoms. The fourth-order valence-corrected chi connectivity index (χ4v) is 3.71. The van der Waals surface area contributed by atoms with Gasteiger partial charge in [0.15, 0.2) is 6.61 Å². The van der Waals surface area contributed by atoms with Gasteiger partial charge in [-0.2, -0.15) is 10.4 Å². The zero-order chi connectivity index (χ0) is 20.1. The molecule has 0 saturated heterocycles. The predicted molar refractivity (Wildman–Crippen MR) is 103 cm³/mol. The molecule has 0 unspecified atom stereocenters. The number of carbonyl (C=O) groups excluding carboxylic acids is 2. The summed E-state index contributed by atoms with van der Waals surface area (Å²) in [5.41, 5.74) is 0.707. The number of hydrogen-bond acceptors (Lipinski definition) is 5. The van der Waals surface area contributed by atoms with Gasteiger partial charge in [-0.05, 0) is 38.2 Å². The third-order valence-electron chi connectivity index (χ3n) is 4.83. The Balaban J connectivity index is 1.63. The van der Waals surface area contributed by atoms with Gasteiger partial charge < -0.3 is 10.1 Å². The summed E-state index contributed by atoms with van der Waals surface area (Å²) in [4.78, 5) is 24.6. The number of aromatic nitrogens is 2. The van der Waals surface area contributed by atoms with Crippen LogP contribution in [0.3, 0.4) is 0 Å². The van der Waals surface area contributed by atoms with Crippen LogP contribution >= 0.6 is 11.6 Å². The smallest absolute Gasteiger partial charge is 0.343 e. The summed E-state index contributed by atoms with van der Waals surface area (Å²) in [7, 11) is 0. The molecule has 1 aliphatic rings. The molecule has 1 aromatic carbocycles. The summed E-state index contributed by atoms with van der Waals surface area (Å²) in [6.45, 7) is 1.61. The number of halogens is 1. The second-order valence-electron chi connectivity index (χ2n) is 6.92. The van der Waals surface area contributed by atoms with E-state index in [1.165, 1.54) is 4.68 Å². The van der Waals surface area contributed by atoms with Crippen LogP contribution in [0.25, 0.3) is 0 Å². The van der Waals surface area contributed by atoms with E-state index in [-0.39, 0.29) is 10.7 Å². The normalized spacial score (nSPS) is 15.0. The van der Waals surface area contributed by atoms with E-state index in [9.17, 15) is 14.9 Å². The highest BCUT2D eigenvalue weighted by Gasteiger charge is 2.35. The van der Waals surface area contributed by atoms with Gasteiger partial charge >= 0.3 is 5.97 Å². The summed E-state index contributed by atoms with van der Waals surface area (Å²) in [5, 5.41) is 16.5. The monoisotopic (exact) mass is 400 g/mol. The molecule has 1 fully saturated rings. The Bertz CT molecular complexity index is 912. The molecule has 146 valence electrons. The topological polar surface area (TPSA) is 97.0 Å². The number of amides is 1. The summed E-state index contributed by atoms with van der Waals surface area (Å²) < 4.78 is 6.64. The number of nitrogens with zero attached hydrogens (tertiary/aromatic N) is 3. The average molecular weight is 401 g/mol. The largest absolute Gasteiger partial charge is 0.452 e. The number of aryl methyl sites for hydroxylation is 1. The van der Waals surface area contributed by atoms with E-state index in [0.29, 0.717) is 25.1 Å². The van der Waals surface area contributed by atoms with Crippen molar-refractivity contribution in [3.63, 3.8) is 0 Å². The standard InChI is InChI=1S/C20H21ClN4O3/c1-14-17(18(21)25(24-14)11-15-7-3-2-4-8-15)19(27)28-12-16(26)23-20(13-22)9-5-6-10-20/h2-4,7-8H,5-6,9-12H2,1H3,(H,23,26). The molecule has 1 aromatic heterocycles. The first kappa shape index (κ1) is 19.9. The van der Waals surface area contributed by atoms with Gasteiger partial charge in [-0.15, -0.1) is 0 Å². The minimum atomic E-state index is -0.850. The van der Waals surface area contributed by atoms with Crippen molar-refractivity contribution >= 4 is 23.5 Å². The summed E-state index contributed by atoms with van der Waals surface area (Å²) in [6.07, 6.45) is 3.01. The van der Waals surface area contributed by atoms with Gasteiger partial charge in [0.1, 0.15) is 16.3 Å². The summed E-state index contributed by atoms with van der Waals surface area (Å²) in [5.74, 6) is -1.21. The molecule has 0 atom stereocenters. The number of nitriles is 1. The molecule has 1 heterocycles. The van der Waals surface area contributed by atoms with E-state index in [1.54, 1.807) is 6.92 Å². The minimum absolute atomic E-state index is 0.140. The zero-order valence-corrected chi connectivity index (χ0v) is 16.3. The molecular weight excluding hydrogens is 380 g/mol. The number of hydrogen-bond donors (Lipinski definition) is 1. The van der Waals surface area contributed by atoms with Crippen molar-refractivity contribution in [1.29, 1.82) is 5.26 Å². The Morgan fingerprint density at radius 2 is 2.00 bits per heavy atom.